The third-order valence-electron chi connectivity index (χ3n) is 3.80. The first-order valence-electron chi connectivity index (χ1n) is 6.93. The van der Waals surface area contributed by atoms with Gasteiger partial charge in [-0.1, -0.05) is 0 Å². The highest BCUT2D eigenvalue weighted by molar-refractivity contribution is 7.07. The molecule has 1 unspecified atom stereocenters. The van der Waals surface area contributed by atoms with Crippen LogP contribution in [0.4, 0.5) is 5.82 Å². The lowest BCUT2D eigenvalue weighted by molar-refractivity contribution is 0.205. The minimum absolute atomic E-state index is 0.549. The summed E-state index contributed by atoms with van der Waals surface area (Å²) >= 11 is 1.66. The van der Waals surface area contributed by atoms with Crippen molar-refractivity contribution in [2.45, 2.75) is 25.4 Å². The summed E-state index contributed by atoms with van der Waals surface area (Å²) in [6, 6.07) is 4.54. The van der Waals surface area contributed by atoms with E-state index < -0.39 is 0 Å². The van der Waals surface area contributed by atoms with E-state index in [2.05, 4.69) is 37.4 Å². The Labute approximate surface area is 123 Å². The topological polar surface area (TPSA) is 45.2 Å². The molecule has 2 aromatic heterocycles. The first-order valence-corrected chi connectivity index (χ1v) is 7.87. The summed E-state index contributed by atoms with van der Waals surface area (Å²) in [7, 11) is 2.18. The van der Waals surface area contributed by atoms with E-state index in [1.165, 1.54) is 12.8 Å². The molecule has 0 amide bonds. The number of hydrogen-bond acceptors (Lipinski definition) is 6. The second-order valence-corrected chi connectivity index (χ2v) is 5.94. The van der Waals surface area contributed by atoms with Crippen LogP contribution in [0.25, 0.3) is 0 Å². The summed E-state index contributed by atoms with van der Waals surface area (Å²) in [4.78, 5) is 9.10. The SMILES string of the molecule is CN(Cc1cscn1)C1CCCN(c2cccnn2)C1. The van der Waals surface area contributed by atoms with Gasteiger partial charge in [-0.3, -0.25) is 4.90 Å². The quantitative estimate of drug-likeness (QED) is 0.862. The van der Waals surface area contributed by atoms with E-state index in [0.717, 1.165) is 31.1 Å². The lowest BCUT2D eigenvalue weighted by atomic mass is 10.0. The molecular formula is C14H19N5S. The highest BCUT2D eigenvalue weighted by Gasteiger charge is 2.24. The van der Waals surface area contributed by atoms with E-state index in [0.29, 0.717) is 6.04 Å². The number of nitrogens with zero attached hydrogens (tertiary/aromatic N) is 5. The maximum Gasteiger partial charge on any atom is 0.151 e. The van der Waals surface area contributed by atoms with Crippen molar-refractivity contribution in [3.05, 3.63) is 34.9 Å². The van der Waals surface area contributed by atoms with Gasteiger partial charge in [0.2, 0.25) is 0 Å². The van der Waals surface area contributed by atoms with E-state index in [1.54, 1.807) is 17.5 Å². The molecule has 20 heavy (non-hydrogen) atoms. The largest absolute Gasteiger partial charge is 0.354 e. The fraction of sp³-hybridized carbons (Fsp3) is 0.500. The first-order chi connectivity index (χ1) is 9.83. The van der Waals surface area contributed by atoms with Gasteiger partial charge in [0.1, 0.15) is 0 Å². The normalized spacial score (nSPS) is 19.5. The smallest absolute Gasteiger partial charge is 0.151 e. The third kappa shape index (κ3) is 3.13. The Hall–Kier alpha value is -1.53. The second-order valence-electron chi connectivity index (χ2n) is 5.22. The average molecular weight is 289 g/mol. The molecule has 1 atom stereocenters. The van der Waals surface area contributed by atoms with E-state index in [1.807, 2.05) is 17.6 Å². The Morgan fingerprint density at radius 2 is 2.45 bits per heavy atom. The number of thiazole rings is 1. The summed E-state index contributed by atoms with van der Waals surface area (Å²) in [6.07, 6.45) is 4.15. The van der Waals surface area contributed by atoms with Crippen molar-refractivity contribution in [3.63, 3.8) is 0 Å². The van der Waals surface area contributed by atoms with Crippen LogP contribution in [0.1, 0.15) is 18.5 Å². The van der Waals surface area contributed by atoms with Gasteiger partial charge in [-0.05, 0) is 32.0 Å². The fourth-order valence-corrected chi connectivity index (χ4v) is 3.23. The molecule has 3 heterocycles. The number of piperidine rings is 1. The average Bonchev–Trinajstić information content (AvgIpc) is 3.01. The van der Waals surface area contributed by atoms with Gasteiger partial charge in [0.15, 0.2) is 5.82 Å². The minimum atomic E-state index is 0.549. The van der Waals surface area contributed by atoms with E-state index in [9.17, 15) is 0 Å². The van der Waals surface area contributed by atoms with Crippen LogP contribution in [0.5, 0.6) is 0 Å². The molecule has 2 aromatic rings. The lowest BCUT2D eigenvalue weighted by Crippen LogP contribution is -2.46. The van der Waals surface area contributed by atoms with Crippen LogP contribution in [-0.4, -0.2) is 46.3 Å². The molecule has 0 aliphatic carbocycles. The monoisotopic (exact) mass is 289 g/mol. The van der Waals surface area contributed by atoms with E-state index in [-0.39, 0.29) is 0 Å². The Morgan fingerprint density at radius 3 is 3.20 bits per heavy atom. The molecule has 0 saturated carbocycles. The van der Waals surface area contributed by atoms with Gasteiger partial charge in [0.25, 0.3) is 0 Å². The number of hydrogen-bond donors (Lipinski definition) is 0. The fourth-order valence-electron chi connectivity index (χ4n) is 2.68. The van der Waals surface area contributed by atoms with Crippen molar-refractivity contribution in [1.29, 1.82) is 0 Å². The molecule has 0 N–H and O–H groups in total. The maximum absolute atomic E-state index is 4.37. The molecule has 1 saturated heterocycles. The molecule has 1 fully saturated rings. The number of rotatable bonds is 4. The van der Waals surface area contributed by atoms with E-state index in [4.69, 9.17) is 0 Å². The minimum Gasteiger partial charge on any atom is -0.354 e. The van der Waals surface area contributed by atoms with Crippen LogP contribution in [0.2, 0.25) is 0 Å². The van der Waals surface area contributed by atoms with Gasteiger partial charge in [-0.15, -0.1) is 16.4 Å². The Bertz CT molecular complexity index is 516. The van der Waals surface area contributed by atoms with Gasteiger partial charge < -0.3 is 4.90 Å². The van der Waals surface area contributed by atoms with Crippen LogP contribution in [-0.2, 0) is 6.54 Å². The van der Waals surface area contributed by atoms with Crippen LogP contribution >= 0.6 is 11.3 Å². The predicted octanol–water partition coefficient (Wildman–Crippen LogP) is 2.03. The zero-order valence-corrected chi connectivity index (χ0v) is 12.5. The van der Waals surface area contributed by atoms with Crippen LogP contribution < -0.4 is 4.90 Å². The van der Waals surface area contributed by atoms with Crippen molar-refractivity contribution in [2.75, 3.05) is 25.0 Å². The Kier molecular flexibility index (Phi) is 4.22. The predicted molar refractivity (Wildman–Crippen MR) is 80.8 cm³/mol. The van der Waals surface area contributed by atoms with Gasteiger partial charge in [0, 0.05) is 37.3 Å². The van der Waals surface area contributed by atoms with Gasteiger partial charge in [-0.2, -0.15) is 5.10 Å². The first kappa shape index (κ1) is 13.5. The number of anilines is 1. The van der Waals surface area contributed by atoms with Gasteiger partial charge >= 0.3 is 0 Å². The van der Waals surface area contributed by atoms with E-state index >= 15 is 0 Å². The van der Waals surface area contributed by atoms with Crippen molar-refractivity contribution < 1.29 is 0 Å². The Morgan fingerprint density at radius 1 is 1.50 bits per heavy atom. The maximum atomic E-state index is 4.37. The van der Waals surface area contributed by atoms with Gasteiger partial charge in [-0.25, -0.2) is 4.98 Å². The Balaban J connectivity index is 1.63. The molecule has 1 aliphatic heterocycles. The van der Waals surface area contributed by atoms with Crippen molar-refractivity contribution in [2.24, 2.45) is 0 Å². The summed E-state index contributed by atoms with van der Waals surface area (Å²) in [5, 5.41) is 10.3. The lowest BCUT2D eigenvalue weighted by Gasteiger charge is -2.37. The summed E-state index contributed by atoms with van der Waals surface area (Å²) in [5.41, 5.74) is 3.06. The molecule has 106 valence electrons. The molecule has 5 nitrogen and oxygen atoms in total. The number of likely N-dealkylation sites (N-methyl/N-ethyl adjacent to an activating group) is 1. The summed E-state index contributed by atoms with van der Waals surface area (Å²) in [5.74, 6) is 0.985. The van der Waals surface area contributed by atoms with Crippen LogP contribution in [0.3, 0.4) is 0 Å². The summed E-state index contributed by atoms with van der Waals surface area (Å²) < 4.78 is 0. The van der Waals surface area contributed by atoms with Crippen molar-refractivity contribution >= 4 is 17.2 Å². The zero-order valence-electron chi connectivity index (χ0n) is 11.6. The zero-order chi connectivity index (χ0) is 13.8. The second kappa shape index (κ2) is 6.28. The molecule has 3 rings (SSSR count). The molecule has 0 aromatic carbocycles. The van der Waals surface area contributed by atoms with Crippen molar-refractivity contribution in [1.82, 2.24) is 20.1 Å². The standard InChI is InChI=1S/C14H19N5S/c1-18(8-12-10-20-11-15-12)13-4-3-7-19(9-13)14-5-2-6-16-17-14/h2,5-6,10-11,13H,3-4,7-9H2,1H3. The van der Waals surface area contributed by atoms with Crippen LogP contribution in [0.15, 0.2) is 29.2 Å². The molecule has 0 radical (unpaired) electrons. The molecule has 1 aliphatic rings. The summed E-state index contributed by atoms with van der Waals surface area (Å²) in [6.45, 7) is 3.00. The third-order valence-corrected chi connectivity index (χ3v) is 4.43. The molecule has 6 heteroatoms. The highest BCUT2D eigenvalue weighted by Crippen LogP contribution is 2.20. The molecule has 0 spiro atoms. The van der Waals surface area contributed by atoms with Crippen molar-refractivity contribution in [3.8, 4) is 0 Å². The number of aromatic nitrogens is 3. The highest BCUT2D eigenvalue weighted by atomic mass is 32.1. The molecule has 0 bridgehead atoms. The van der Waals surface area contributed by atoms with Crippen LogP contribution in [0, 0.1) is 0 Å². The van der Waals surface area contributed by atoms with Gasteiger partial charge in [0.05, 0.1) is 11.2 Å². The molecular weight excluding hydrogens is 270 g/mol.